The van der Waals surface area contributed by atoms with Crippen LogP contribution in [0.5, 0.6) is 0 Å². The predicted octanol–water partition coefficient (Wildman–Crippen LogP) is 0.0785. The summed E-state index contributed by atoms with van der Waals surface area (Å²) in [6.07, 6.45) is 3.16. The van der Waals surface area contributed by atoms with E-state index in [9.17, 15) is 9.59 Å². The molecule has 0 bridgehead atoms. The highest BCUT2D eigenvalue weighted by Gasteiger charge is 2.36. The number of hydrogen-bond acceptors (Lipinski definition) is 3. The summed E-state index contributed by atoms with van der Waals surface area (Å²) in [5.74, 6) is -0.905. The molecule has 2 aliphatic rings. The molecule has 2 heterocycles. The second kappa shape index (κ2) is 4.91. The second-order valence-electron chi connectivity index (χ2n) is 4.82. The standard InChI is InChI=1S/C11H19N3O3/c12-8-3-1-5-13(7-8)11(17)14-6-2-4-9(14)10(15)16/h8-9H,1-7,12H2,(H,15,16)/t8?,9-/m1/s1. The summed E-state index contributed by atoms with van der Waals surface area (Å²) < 4.78 is 0. The fourth-order valence-corrected chi connectivity index (χ4v) is 2.62. The zero-order valence-electron chi connectivity index (χ0n) is 9.84. The summed E-state index contributed by atoms with van der Waals surface area (Å²) in [6.45, 7) is 1.78. The number of carboxylic acid groups (broad SMARTS) is 1. The molecule has 0 aromatic rings. The molecule has 6 nitrogen and oxygen atoms in total. The number of likely N-dealkylation sites (tertiary alicyclic amines) is 2. The second-order valence-corrected chi connectivity index (χ2v) is 4.82. The van der Waals surface area contributed by atoms with Gasteiger partial charge in [0.1, 0.15) is 6.04 Å². The maximum absolute atomic E-state index is 12.2. The van der Waals surface area contributed by atoms with E-state index in [1.165, 1.54) is 4.90 Å². The van der Waals surface area contributed by atoms with Crippen molar-refractivity contribution in [2.75, 3.05) is 19.6 Å². The van der Waals surface area contributed by atoms with Crippen LogP contribution in [0.3, 0.4) is 0 Å². The van der Waals surface area contributed by atoms with E-state index in [2.05, 4.69) is 0 Å². The van der Waals surface area contributed by atoms with E-state index in [-0.39, 0.29) is 12.1 Å². The zero-order chi connectivity index (χ0) is 12.4. The van der Waals surface area contributed by atoms with Gasteiger partial charge in [0.25, 0.3) is 0 Å². The lowest BCUT2D eigenvalue weighted by atomic mass is 10.1. The number of piperidine rings is 1. The molecular weight excluding hydrogens is 222 g/mol. The van der Waals surface area contributed by atoms with Crippen molar-refractivity contribution in [1.82, 2.24) is 9.80 Å². The number of carbonyl (C=O) groups excluding carboxylic acids is 1. The highest BCUT2D eigenvalue weighted by molar-refractivity contribution is 5.83. The number of nitrogens with two attached hydrogens (primary N) is 1. The van der Waals surface area contributed by atoms with Gasteiger partial charge in [0.2, 0.25) is 0 Å². The number of amides is 2. The first-order valence-electron chi connectivity index (χ1n) is 6.13. The molecule has 0 aromatic heterocycles. The van der Waals surface area contributed by atoms with Gasteiger partial charge in [-0.15, -0.1) is 0 Å². The fourth-order valence-electron chi connectivity index (χ4n) is 2.62. The Bertz CT molecular complexity index is 321. The van der Waals surface area contributed by atoms with Crippen LogP contribution in [0, 0.1) is 0 Å². The molecule has 0 aromatic carbocycles. The lowest BCUT2D eigenvalue weighted by Gasteiger charge is -2.35. The minimum absolute atomic E-state index is 0.0265. The quantitative estimate of drug-likeness (QED) is 0.680. The zero-order valence-corrected chi connectivity index (χ0v) is 9.84. The minimum atomic E-state index is -0.905. The van der Waals surface area contributed by atoms with E-state index in [0.717, 1.165) is 19.3 Å². The molecule has 6 heteroatoms. The van der Waals surface area contributed by atoms with Crippen LogP contribution in [0.1, 0.15) is 25.7 Å². The van der Waals surface area contributed by atoms with Gasteiger partial charge in [-0.2, -0.15) is 0 Å². The molecule has 2 fully saturated rings. The predicted molar refractivity (Wildman–Crippen MR) is 61.5 cm³/mol. The molecule has 1 unspecified atom stereocenters. The number of carboxylic acids is 1. The van der Waals surface area contributed by atoms with Crippen LogP contribution in [-0.4, -0.2) is 58.6 Å². The molecule has 0 spiro atoms. The van der Waals surface area contributed by atoms with Crippen LogP contribution >= 0.6 is 0 Å². The SMILES string of the molecule is NC1CCCN(C(=O)N2CCC[C@@H]2C(=O)O)C1. The highest BCUT2D eigenvalue weighted by Crippen LogP contribution is 2.20. The molecule has 2 saturated heterocycles. The maximum Gasteiger partial charge on any atom is 0.326 e. The Morgan fingerprint density at radius 1 is 1.18 bits per heavy atom. The van der Waals surface area contributed by atoms with Crippen LogP contribution in [0.15, 0.2) is 0 Å². The summed E-state index contributed by atoms with van der Waals surface area (Å²) in [5, 5.41) is 9.05. The summed E-state index contributed by atoms with van der Waals surface area (Å²) in [6, 6.07) is -0.788. The van der Waals surface area contributed by atoms with E-state index < -0.39 is 12.0 Å². The summed E-state index contributed by atoms with van der Waals surface area (Å²) >= 11 is 0. The van der Waals surface area contributed by atoms with Gasteiger partial charge in [0.05, 0.1) is 0 Å². The van der Waals surface area contributed by atoms with Gasteiger partial charge >= 0.3 is 12.0 Å². The number of aliphatic carboxylic acids is 1. The van der Waals surface area contributed by atoms with Crippen LogP contribution in [0.25, 0.3) is 0 Å². The number of nitrogens with zero attached hydrogens (tertiary/aromatic N) is 2. The van der Waals surface area contributed by atoms with Crippen molar-refractivity contribution in [3.63, 3.8) is 0 Å². The lowest BCUT2D eigenvalue weighted by Crippen LogP contribution is -2.53. The van der Waals surface area contributed by atoms with Crippen LogP contribution in [0.2, 0.25) is 0 Å². The summed E-state index contributed by atoms with van der Waals surface area (Å²) in [4.78, 5) is 26.4. The molecule has 0 radical (unpaired) electrons. The van der Waals surface area contributed by atoms with Gasteiger partial charge in [-0.3, -0.25) is 0 Å². The third-order valence-corrected chi connectivity index (χ3v) is 3.51. The van der Waals surface area contributed by atoms with Crippen molar-refractivity contribution in [3.8, 4) is 0 Å². The summed E-state index contributed by atoms with van der Waals surface area (Å²) in [7, 11) is 0. The van der Waals surface area contributed by atoms with Crippen molar-refractivity contribution >= 4 is 12.0 Å². The van der Waals surface area contributed by atoms with Gasteiger partial charge in [0, 0.05) is 25.7 Å². The molecule has 3 N–H and O–H groups in total. The molecule has 96 valence electrons. The first-order chi connectivity index (χ1) is 8.09. The third kappa shape index (κ3) is 2.52. The monoisotopic (exact) mass is 241 g/mol. The van der Waals surface area contributed by atoms with Gasteiger partial charge in [-0.1, -0.05) is 0 Å². The first-order valence-corrected chi connectivity index (χ1v) is 6.13. The number of hydrogen-bond donors (Lipinski definition) is 2. The number of carbonyl (C=O) groups is 2. The van der Waals surface area contributed by atoms with E-state index in [4.69, 9.17) is 10.8 Å². The normalized spacial score (nSPS) is 29.5. The van der Waals surface area contributed by atoms with Crippen molar-refractivity contribution in [3.05, 3.63) is 0 Å². The van der Waals surface area contributed by atoms with E-state index >= 15 is 0 Å². The molecule has 17 heavy (non-hydrogen) atoms. The van der Waals surface area contributed by atoms with Crippen molar-refractivity contribution in [2.45, 2.75) is 37.8 Å². The molecule has 0 aliphatic carbocycles. The molecular formula is C11H19N3O3. The molecule has 2 rings (SSSR count). The fraction of sp³-hybridized carbons (Fsp3) is 0.818. The number of urea groups is 1. The molecule has 2 atom stereocenters. The van der Waals surface area contributed by atoms with E-state index in [0.29, 0.717) is 26.1 Å². The molecule has 2 aliphatic heterocycles. The van der Waals surface area contributed by atoms with Crippen molar-refractivity contribution < 1.29 is 14.7 Å². The van der Waals surface area contributed by atoms with E-state index in [1.807, 2.05) is 0 Å². The summed E-state index contributed by atoms with van der Waals surface area (Å²) in [5.41, 5.74) is 5.83. The Labute approximate surface area is 100 Å². The van der Waals surface area contributed by atoms with E-state index in [1.54, 1.807) is 4.90 Å². The Morgan fingerprint density at radius 2 is 1.88 bits per heavy atom. The minimum Gasteiger partial charge on any atom is -0.480 e. The Balaban J connectivity index is 2.01. The largest absolute Gasteiger partial charge is 0.480 e. The highest BCUT2D eigenvalue weighted by atomic mass is 16.4. The molecule has 2 amide bonds. The smallest absolute Gasteiger partial charge is 0.326 e. The first kappa shape index (κ1) is 12.2. The van der Waals surface area contributed by atoms with Gasteiger partial charge in [-0.05, 0) is 25.7 Å². The van der Waals surface area contributed by atoms with Gasteiger partial charge in [0.15, 0.2) is 0 Å². The Morgan fingerprint density at radius 3 is 2.53 bits per heavy atom. The average Bonchev–Trinajstić information content (AvgIpc) is 2.77. The van der Waals surface area contributed by atoms with Crippen molar-refractivity contribution in [2.24, 2.45) is 5.73 Å². The number of rotatable bonds is 1. The van der Waals surface area contributed by atoms with Gasteiger partial charge < -0.3 is 20.6 Å². The molecule has 0 saturated carbocycles. The third-order valence-electron chi connectivity index (χ3n) is 3.51. The Hall–Kier alpha value is -1.30. The van der Waals surface area contributed by atoms with Crippen molar-refractivity contribution in [1.29, 1.82) is 0 Å². The maximum atomic E-state index is 12.2. The van der Waals surface area contributed by atoms with Crippen LogP contribution < -0.4 is 5.73 Å². The van der Waals surface area contributed by atoms with Crippen LogP contribution in [0.4, 0.5) is 4.79 Å². The topological polar surface area (TPSA) is 86.9 Å². The van der Waals surface area contributed by atoms with Crippen LogP contribution in [-0.2, 0) is 4.79 Å². The lowest BCUT2D eigenvalue weighted by molar-refractivity contribution is -0.141. The Kier molecular flexibility index (Phi) is 3.51. The average molecular weight is 241 g/mol. The van der Waals surface area contributed by atoms with Gasteiger partial charge in [-0.25, -0.2) is 9.59 Å².